The van der Waals surface area contributed by atoms with Crippen LogP contribution in [0.2, 0.25) is 0 Å². The highest BCUT2D eigenvalue weighted by Gasteiger charge is 2.09. The summed E-state index contributed by atoms with van der Waals surface area (Å²) in [6, 6.07) is 16.7. The third-order valence-corrected chi connectivity index (χ3v) is 3.49. The van der Waals surface area contributed by atoms with Crippen LogP contribution in [0.25, 0.3) is 10.8 Å². The first kappa shape index (κ1) is 13.3. The number of hydrogen-bond acceptors (Lipinski definition) is 4. The van der Waals surface area contributed by atoms with Crippen molar-refractivity contribution < 1.29 is 0 Å². The molecule has 3 aromatic rings. The maximum absolute atomic E-state index is 8.61. The normalized spacial score (nSPS) is 10.6. The van der Waals surface area contributed by atoms with Crippen molar-refractivity contribution in [2.24, 2.45) is 0 Å². The van der Waals surface area contributed by atoms with Gasteiger partial charge in [-0.25, -0.2) is 4.68 Å². The second-order valence-corrected chi connectivity index (χ2v) is 4.89. The van der Waals surface area contributed by atoms with Crippen LogP contribution >= 0.6 is 0 Å². The Labute approximate surface area is 122 Å². The molecule has 0 saturated heterocycles. The number of nitrogens with zero attached hydrogens (tertiary/aromatic N) is 5. The molecule has 1 heterocycles. The summed E-state index contributed by atoms with van der Waals surface area (Å²) in [4.78, 5) is 0. The Morgan fingerprint density at radius 2 is 1.95 bits per heavy atom. The Balaban J connectivity index is 1.86. The molecule has 0 unspecified atom stereocenters. The second-order valence-electron chi connectivity index (χ2n) is 4.89. The van der Waals surface area contributed by atoms with Crippen LogP contribution in [-0.2, 0) is 13.0 Å². The number of hydrogen-bond donors (Lipinski definition) is 0. The summed E-state index contributed by atoms with van der Waals surface area (Å²) in [5, 5.41) is 22.9. The van der Waals surface area contributed by atoms with E-state index in [0.717, 1.165) is 12.2 Å². The quantitative estimate of drug-likeness (QED) is 0.672. The van der Waals surface area contributed by atoms with Gasteiger partial charge in [-0.3, -0.25) is 0 Å². The molecule has 1 aromatic heterocycles. The Morgan fingerprint density at radius 3 is 2.86 bits per heavy atom. The number of fused-ring (bicyclic) bond motifs is 1. The van der Waals surface area contributed by atoms with Gasteiger partial charge in [-0.2, -0.15) is 5.26 Å². The van der Waals surface area contributed by atoms with Gasteiger partial charge >= 0.3 is 0 Å². The average Bonchev–Trinajstić information content (AvgIpc) is 2.95. The summed E-state index contributed by atoms with van der Waals surface area (Å²) in [6.07, 6.45) is 1.98. The maximum Gasteiger partial charge on any atom is 0.155 e. The molecule has 5 nitrogen and oxygen atoms in total. The predicted molar refractivity (Wildman–Crippen MR) is 79.4 cm³/mol. The number of unbranched alkanes of at least 4 members (excludes halogenated alkanes) is 1. The van der Waals surface area contributed by atoms with E-state index >= 15 is 0 Å². The standard InChI is InChI=1S/C16H15N5/c17-10-3-4-11-21-16(18-19-20-21)12-14-8-5-7-13-6-1-2-9-15(13)14/h1-2,5-9H,3-4,11-12H2. The molecule has 0 atom stereocenters. The first-order valence-corrected chi connectivity index (χ1v) is 6.97. The van der Waals surface area contributed by atoms with E-state index in [-0.39, 0.29) is 0 Å². The number of aromatic nitrogens is 4. The van der Waals surface area contributed by atoms with E-state index in [0.29, 0.717) is 19.4 Å². The van der Waals surface area contributed by atoms with Gasteiger partial charge in [0.2, 0.25) is 0 Å². The number of benzene rings is 2. The minimum absolute atomic E-state index is 0.521. The van der Waals surface area contributed by atoms with Gasteiger partial charge in [0, 0.05) is 19.4 Å². The van der Waals surface area contributed by atoms with Crippen molar-refractivity contribution in [3.8, 4) is 6.07 Å². The maximum atomic E-state index is 8.61. The van der Waals surface area contributed by atoms with Crippen LogP contribution in [-0.4, -0.2) is 20.2 Å². The van der Waals surface area contributed by atoms with Crippen molar-refractivity contribution in [1.29, 1.82) is 5.26 Å². The molecule has 0 aliphatic carbocycles. The van der Waals surface area contributed by atoms with Crippen molar-refractivity contribution in [2.45, 2.75) is 25.8 Å². The van der Waals surface area contributed by atoms with E-state index in [1.165, 1.54) is 16.3 Å². The SMILES string of the molecule is N#CCCCn1nnnc1Cc1cccc2ccccc12. The predicted octanol–water partition coefficient (Wildman–Crippen LogP) is 2.72. The van der Waals surface area contributed by atoms with Gasteiger partial charge in [0.25, 0.3) is 0 Å². The highest BCUT2D eigenvalue weighted by Crippen LogP contribution is 2.20. The summed E-state index contributed by atoms with van der Waals surface area (Å²) in [5.74, 6) is 0.837. The number of aryl methyl sites for hydroxylation is 1. The number of tetrazole rings is 1. The molecular formula is C16H15N5. The lowest BCUT2D eigenvalue weighted by Gasteiger charge is -2.07. The Kier molecular flexibility index (Phi) is 3.88. The largest absolute Gasteiger partial charge is 0.229 e. The smallest absolute Gasteiger partial charge is 0.155 e. The van der Waals surface area contributed by atoms with Crippen molar-refractivity contribution in [1.82, 2.24) is 20.2 Å². The summed E-state index contributed by atoms with van der Waals surface area (Å²) in [7, 11) is 0. The van der Waals surface area contributed by atoms with Gasteiger partial charge in [-0.1, -0.05) is 42.5 Å². The fraction of sp³-hybridized carbons (Fsp3) is 0.250. The van der Waals surface area contributed by atoms with Crippen molar-refractivity contribution in [2.75, 3.05) is 0 Å². The topological polar surface area (TPSA) is 67.4 Å². The Hall–Kier alpha value is -2.74. The molecule has 5 heteroatoms. The van der Waals surface area contributed by atoms with E-state index in [1.54, 1.807) is 4.68 Å². The van der Waals surface area contributed by atoms with Crippen molar-refractivity contribution in [3.05, 3.63) is 53.9 Å². The number of rotatable bonds is 5. The minimum atomic E-state index is 0.521. The molecule has 0 amide bonds. The van der Waals surface area contributed by atoms with Crippen molar-refractivity contribution in [3.63, 3.8) is 0 Å². The number of nitriles is 1. The fourth-order valence-electron chi connectivity index (χ4n) is 2.45. The minimum Gasteiger partial charge on any atom is -0.229 e. The molecule has 0 aliphatic rings. The zero-order valence-corrected chi connectivity index (χ0v) is 11.6. The van der Waals surface area contributed by atoms with Gasteiger partial charge in [0.05, 0.1) is 6.07 Å². The van der Waals surface area contributed by atoms with E-state index in [1.807, 2.05) is 12.1 Å². The van der Waals surface area contributed by atoms with E-state index in [4.69, 9.17) is 5.26 Å². The summed E-state index contributed by atoms with van der Waals surface area (Å²) in [6.45, 7) is 0.681. The zero-order valence-electron chi connectivity index (χ0n) is 11.6. The van der Waals surface area contributed by atoms with Crippen LogP contribution in [0.3, 0.4) is 0 Å². The van der Waals surface area contributed by atoms with Crippen molar-refractivity contribution >= 4 is 10.8 Å². The van der Waals surface area contributed by atoms with Crippen LogP contribution in [0.1, 0.15) is 24.2 Å². The molecule has 0 N–H and O–H groups in total. The Morgan fingerprint density at radius 1 is 1.10 bits per heavy atom. The lowest BCUT2D eigenvalue weighted by atomic mass is 10.0. The first-order valence-electron chi connectivity index (χ1n) is 6.97. The molecule has 2 aromatic carbocycles. The lowest BCUT2D eigenvalue weighted by Crippen LogP contribution is -2.07. The summed E-state index contributed by atoms with van der Waals surface area (Å²) >= 11 is 0. The molecule has 0 aliphatic heterocycles. The Bertz CT molecular complexity index is 779. The third kappa shape index (κ3) is 2.90. The van der Waals surface area contributed by atoms with Crippen LogP contribution in [0.5, 0.6) is 0 Å². The highest BCUT2D eigenvalue weighted by molar-refractivity contribution is 5.85. The molecule has 0 bridgehead atoms. The van der Waals surface area contributed by atoms with Gasteiger partial charge in [-0.15, -0.1) is 5.10 Å². The van der Waals surface area contributed by atoms with E-state index < -0.39 is 0 Å². The highest BCUT2D eigenvalue weighted by atomic mass is 15.5. The summed E-state index contributed by atoms with van der Waals surface area (Å²) in [5.41, 5.74) is 1.21. The zero-order chi connectivity index (χ0) is 14.5. The molecule has 0 spiro atoms. The first-order chi connectivity index (χ1) is 10.4. The molecule has 0 fully saturated rings. The van der Waals surface area contributed by atoms with Crippen LogP contribution in [0.4, 0.5) is 0 Å². The van der Waals surface area contributed by atoms with Crippen LogP contribution < -0.4 is 0 Å². The second kappa shape index (κ2) is 6.14. The average molecular weight is 277 g/mol. The van der Waals surface area contributed by atoms with Gasteiger partial charge in [0.1, 0.15) is 0 Å². The van der Waals surface area contributed by atoms with E-state index in [9.17, 15) is 0 Å². The fourth-order valence-corrected chi connectivity index (χ4v) is 2.45. The molecule has 104 valence electrons. The monoisotopic (exact) mass is 277 g/mol. The molecule has 0 radical (unpaired) electrons. The van der Waals surface area contributed by atoms with Gasteiger partial charge < -0.3 is 0 Å². The van der Waals surface area contributed by atoms with Crippen LogP contribution in [0, 0.1) is 11.3 Å². The molecule has 3 rings (SSSR count). The molecular weight excluding hydrogens is 262 g/mol. The molecule has 0 saturated carbocycles. The van der Waals surface area contributed by atoms with Crippen LogP contribution in [0.15, 0.2) is 42.5 Å². The van der Waals surface area contributed by atoms with E-state index in [2.05, 4.69) is 51.9 Å². The summed E-state index contributed by atoms with van der Waals surface area (Å²) < 4.78 is 1.79. The lowest BCUT2D eigenvalue weighted by molar-refractivity contribution is 0.547. The van der Waals surface area contributed by atoms with Gasteiger partial charge in [0.15, 0.2) is 5.82 Å². The molecule has 21 heavy (non-hydrogen) atoms. The van der Waals surface area contributed by atoms with Gasteiger partial charge in [-0.05, 0) is 33.2 Å². The third-order valence-electron chi connectivity index (χ3n) is 3.49.